The molecule has 0 fully saturated rings. The molecule has 0 spiro atoms. The standard InChI is InChI=1S/C11H16N2O/c1-3-11(14)13(2)10-6-4-5-9(7-10)8-12/h4-7H,3,8,12H2,1-2H3. The highest BCUT2D eigenvalue weighted by Crippen LogP contribution is 2.15. The van der Waals surface area contributed by atoms with Crippen LogP contribution in [-0.4, -0.2) is 13.0 Å². The minimum atomic E-state index is 0.110. The third-order valence-corrected chi connectivity index (χ3v) is 2.21. The Hall–Kier alpha value is -1.35. The van der Waals surface area contributed by atoms with Crippen LogP contribution in [0.1, 0.15) is 18.9 Å². The van der Waals surface area contributed by atoms with E-state index in [9.17, 15) is 4.79 Å². The average Bonchev–Trinajstić information content (AvgIpc) is 2.27. The minimum absolute atomic E-state index is 0.110. The van der Waals surface area contributed by atoms with Crippen molar-refractivity contribution >= 4 is 11.6 Å². The summed E-state index contributed by atoms with van der Waals surface area (Å²) < 4.78 is 0. The SMILES string of the molecule is CCC(=O)N(C)c1cccc(CN)c1. The highest BCUT2D eigenvalue weighted by Gasteiger charge is 2.07. The number of carbonyl (C=O) groups is 1. The molecule has 0 aromatic heterocycles. The number of nitrogens with zero attached hydrogens (tertiary/aromatic N) is 1. The second-order valence-electron chi connectivity index (χ2n) is 3.18. The van der Waals surface area contributed by atoms with Gasteiger partial charge in [-0.3, -0.25) is 4.79 Å². The molecule has 14 heavy (non-hydrogen) atoms. The Bertz CT molecular complexity index is 323. The summed E-state index contributed by atoms with van der Waals surface area (Å²) in [7, 11) is 1.78. The van der Waals surface area contributed by atoms with Crippen LogP contribution < -0.4 is 10.6 Å². The fourth-order valence-corrected chi connectivity index (χ4v) is 1.27. The monoisotopic (exact) mass is 192 g/mol. The largest absolute Gasteiger partial charge is 0.326 e. The smallest absolute Gasteiger partial charge is 0.226 e. The van der Waals surface area contributed by atoms with Crippen molar-refractivity contribution in [3.8, 4) is 0 Å². The van der Waals surface area contributed by atoms with Crippen molar-refractivity contribution in [1.29, 1.82) is 0 Å². The van der Waals surface area contributed by atoms with Gasteiger partial charge in [-0.25, -0.2) is 0 Å². The number of nitrogens with two attached hydrogens (primary N) is 1. The first-order valence-corrected chi connectivity index (χ1v) is 4.74. The Kier molecular flexibility index (Phi) is 3.65. The van der Waals surface area contributed by atoms with Gasteiger partial charge in [-0.1, -0.05) is 19.1 Å². The molecule has 0 aliphatic rings. The van der Waals surface area contributed by atoms with Gasteiger partial charge in [0.2, 0.25) is 5.91 Å². The van der Waals surface area contributed by atoms with E-state index in [4.69, 9.17) is 5.73 Å². The molecular weight excluding hydrogens is 176 g/mol. The van der Waals surface area contributed by atoms with Crippen molar-refractivity contribution in [2.45, 2.75) is 19.9 Å². The van der Waals surface area contributed by atoms with Crippen molar-refractivity contribution in [1.82, 2.24) is 0 Å². The number of carbonyl (C=O) groups excluding carboxylic acids is 1. The summed E-state index contributed by atoms with van der Waals surface area (Å²) in [6.45, 7) is 2.35. The zero-order valence-electron chi connectivity index (χ0n) is 8.66. The van der Waals surface area contributed by atoms with Crippen LogP contribution >= 0.6 is 0 Å². The number of amides is 1. The lowest BCUT2D eigenvalue weighted by Crippen LogP contribution is -2.25. The van der Waals surface area contributed by atoms with Gasteiger partial charge in [-0.2, -0.15) is 0 Å². The Morgan fingerprint density at radius 1 is 1.50 bits per heavy atom. The fraction of sp³-hybridized carbons (Fsp3) is 0.364. The molecule has 2 N–H and O–H groups in total. The maximum absolute atomic E-state index is 11.4. The highest BCUT2D eigenvalue weighted by molar-refractivity contribution is 5.92. The summed E-state index contributed by atoms with van der Waals surface area (Å²) >= 11 is 0. The van der Waals surface area contributed by atoms with E-state index in [1.165, 1.54) is 0 Å². The van der Waals surface area contributed by atoms with E-state index in [0.717, 1.165) is 11.3 Å². The molecule has 1 aromatic carbocycles. The third-order valence-electron chi connectivity index (χ3n) is 2.21. The lowest BCUT2D eigenvalue weighted by molar-refractivity contribution is -0.118. The number of anilines is 1. The molecule has 1 amide bonds. The number of hydrogen-bond donors (Lipinski definition) is 1. The molecule has 0 saturated heterocycles. The Labute approximate surface area is 84.5 Å². The molecule has 0 aliphatic heterocycles. The normalized spacial score (nSPS) is 9.93. The third kappa shape index (κ3) is 2.33. The second-order valence-corrected chi connectivity index (χ2v) is 3.18. The number of rotatable bonds is 3. The summed E-state index contributed by atoms with van der Waals surface area (Å²) in [6.07, 6.45) is 0.517. The Morgan fingerprint density at radius 2 is 2.21 bits per heavy atom. The average molecular weight is 192 g/mol. The van der Waals surface area contributed by atoms with Gasteiger partial charge < -0.3 is 10.6 Å². The number of benzene rings is 1. The van der Waals surface area contributed by atoms with Crippen LogP contribution in [0.3, 0.4) is 0 Å². The van der Waals surface area contributed by atoms with E-state index < -0.39 is 0 Å². The van der Waals surface area contributed by atoms with E-state index in [-0.39, 0.29) is 5.91 Å². The maximum atomic E-state index is 11.4. The van der Waals surface area contributed by atoms with Gasteiger partial charge in [0.1, 0.15) is 0 Å². The predicted molar refractivity (Wildman–Crippen MR) is 58.0 cm³/mol. The molecular formula is C11H16N2O. The van der Waals surface area contributed by atoms with Crippen molar-refractivity contribution in [3.63, 3.8) is 0 Å². The van der Waals surface area contributed by atoms with Crippen LogP contribution in [0.2, 0.25) is 0 Å². The lowest BCUT2D eigenvalue weighted by Gasteiger charge is -2.16. The molecule has 0 heterocycles. The van der Waals surface area contributed by atoms with Crippen molar-refractivity contribution < 1.29 is 4.79 Å². The van der Waals surface area contributed by atoms with E-state index in [2.05, 4.69) is 0 Å². The van der Waals surface area contributed by atoms with Crippen LogP contribution in [0.5, 0.6) is 0 Å². The van der Waals surface area contributed by atoms with Gasteiger partial charge in [0.25, 0.3) is 0 Å². The summed E-state index contributed by atoms with van der Waals surface area (Å²) in [4.78, 5) is 13.1. The van der Waals surface area contributed by atoms with Gasteiger partial charge in [0.15, 0.2) is 0 Å². The molecule has 76 valence electrons. The fourth-order valence-electron chi connectivity index (χ4n) is 1.27. The van der Waals surface area contributed by atoms with E-state index in [1.807, 2.05) is 31.2 Å². The molecule has 0 bridgehead atoms. The summed E-state index contributed by atoms with van der Waals surface area (Å²) in [5.74, 6) is 0.110. The molecule has 0 unspecified atom stereocenters. The van der Waals surface area contributed by atoms with Gasteiger partial charge >= 0.3 is 0 Å². The molecule has 1 rings (SSSR count). The van der Waals surface area contributed by atoms with Crippen LogP contribution in [-0.2, 0) is 11.3 Å². The Balaban J connectivity index is 2.89. The van der Waals surface area contributed by atoms with Crippen LogP contribution in [0.25, 0.3) is 0 Å². The first kappa shape index (κ1) is 10.7. The molecule has 0 radical (unpaired) electrons. The van der Waals surface area contributed by atoms with Gasteiger partial charge in [0.05, 0.1) is 0 Å². The van der Waals surface area contributed by atoms with E-state index >= 15 is 0 Å². The second kappa shape index (κ2) is 4.77. The number of hydrogen-bond acceptors (Lipinski definition) is 2. The summed E-state index contributed by atoms with van der Waals surface area (Å²) in [6, 6.07) is 7.71. The van der Waals surface area contributed by atoms with Crippen molar-refractivity contribution in [2.24, 2.45) is 5.73 Å². The molecule has 1 aromatic rings. The van der Waals surface area contributed by atoms with Crippen LogP contribution in [0.4, 0.5) is 5.69 Å². The van der Waals surface area contributed by atoms with Crippen LogP contribution in [0.15, 0.2) is 24.3 Å². The summed E-state index contributed by atoms with van der Waals surface area (Å²) in [5.41, 5.74) is 7.47. The molecule has 0 aliphatic carbocycles. The predicted octanol–water partition coefficient (Wildman–Crippen LogP) is 1.52. The maximum Gasteiger partial charge on any atom is 0.226 e. The quantitative estimate of drug-likeness (QED) is 0.789. The van der Waals surface area contributed by atoms with E-state index in [0.29, 0.717) is 13.0 Å². The van der Waals surface area contributed by atoms with E-state index in [1.54, 1.807) is 11.9 Å². The minimum Gasteiger partial charge on any atom is -0.326 e. The highest BCUT2D eigenvalue weighted by atomic mass is 16.2. The zero-order valence-corrected chi connectivity index (χ0v) is 8.66. The molecule has 0 saturated carbocycles. The summed E-state index contributed by atoms with van der Waals surface area (Å²) in [5, 5.41) is 0. The van der Waals surface area contributed by atoms with Gasteiger partial charge in [-0.15, -0.1) is 0 Å². The van der Waals surface area contributed by atoms with Crippen molar-refractivity contribution in [3.05, 3.63) is 29.8 Å². The first-order valence-electron chi connectivity index (χ1n) is 4.74. The molecule has 3 heteroatoms. The zero-order chi connectivity index (χ0) is 10.6. The Morgan fingerprint density at radius 3 is 2.79 bits per heavy atom. The molecule has 0 atom stereocenters. The lowest BCUT2D eigenvalue weighted by atomic mass is 10.2. The topological polar surface area (TPSA) is 46.3 Å². The van der Waals surface area contributed by atoms with Gasteiger partial charge in [-0.05, 0) is 17.7 Å². The molecule has 3 nitrogen and oxygen atoms in total. The first-order chi connectivity index (χ1) is 6.69. The van der Waals surface area contributed by atoms with Gasteiger partial charge in [0, 0.05) is 25.7 Å². The van der Waals surface area contributed by atoms with Crippen molar-refractivity contribution in [2.75, 3.05) is 11.9 Å². The van der Waals surface area contributed by atoms with Crippen LogP contribution in [0, 0.1) is 0 Å².